The van der Waals surface area contributed by atoms with E-state index in [-0.39, 0.29) is 30.1 Å². The number of hydrogen-bond acceptors (Lipinski definition) is 5. The van der Waals surface area contributed by atoms with E-state index in [0.29, 0.717) is 31.9 Å². The molecule has 2 saturated heterocycles. The standard InChI is InChI=1S/C20H26N2O5/c1-25-13-6-7-16-14(12-13)15(21-19(23)17-4-2-10-26-17)8-9-22(16)20(24)18-5-3-11-27-18/h6-7,12,15,17-18H,2-5,8-11H2,1H3,(H,21,23). The van der Waals surface area contributed by atoms with Crippen LogP contribution in [-0.4, -0.2) is 50.9 Å². The van der Waals surface area contributed by atoms with Crippen LogP contribution in [0.1, 0.15) is 43.7 Å². The first kappa shape index (κ1) is 18.3. The maximum absolute atomic E-state index is 12.9. The maximum atomic E-state index is 12.9. The van der Waals surface area contributed by atoms with Crippen molar-refractivity contribution in [2.45, 2.75) is 50.4 Å². The van der Waals surface area contributed by atoms with Crippen LogP contribution in [0.5, 0.6) is 5.75 Å². The van der Waals surface area contributed by atoms with E-state index in [1.807, 2.05) is 18.2 Å². The molecule has 3 unspecified atom stereocenters. The molecule has 0 bridgehead atoms. The van der Waals surface area contributed by atoms with Crippen LogP contribution >= 0.6 is 0 Å². The molecule has 27 heavy (non-hydrogen) atoms. The molecule has 1 aromatic rings. The minimum atomic E-state index is -0.370. The summed E-state index contributed by atoms with van der Waals surface area (Å²) in [6.45, 7) is 1.82. The summed E-state index contributed by atoms with van der Waals surface area (Å²) in [5.74, 6) is 0.629. The first-order valence-electron chi connectivity index (χ1n) is 9.70. The number of fused-ring (bicyclic) bond motifs is 1. The molecule has 2 fully saturated rings. The Kier molecular flexibility index (Phi) is 5.31. The summed E-state index contributed by atoms with van der Waals surface area (Å²) in [5, 5.41) is 3.11. The highest BCUT2D eigenvalue weighted by atomic mass is 16.5. The minimum absolute atomic E-state index is 0.00261. The summed E-state index contributed by atoms with van der Waals surface area (Å²) in [5.41, 5.74) is 1.72. The van der Waals surface area contributed by atoms with Crippen LogP contribution in [-0.2, 0) is 19.1 Å². The summed E-state index contributed by atoms with van der Waals surface area (Å²) >= 11 is 0. The van der Waals surface area contributed by atoms with Gasteiger partial charge in [-0.2, -0.15) is 0 Å². The van der Waals surface area contributed by atoms with Crippen molar-refractivity contribution < 1.29 is 23.8 Å². The molecule has 1 aromatic carbocycles. The van der Waals surface area contributed by atoms with Gasteiger partial charge in [0.1, 0.15) is 18.0 Å². The normalized spacial score (nSPS) is 27.3. The SMILES string of the molecule is COc1ccc2c(c1)C(NC(=O)C1CCCO1)CCN2C(=O)C1CCCO1. The largest absolute Gasteiger partial charge is 0.497 e. The van der Waals surface area contributed by atoms with Gasteiger partial charge < -0.3 is 24.4 Å². The predicted octanol–water partition coefficient (Wildman–Crippen LogP) is 1.95. The van der Waals surface area contributed by atoms with Crippen molar-refractivity contribution in [1.29, 1.82) is 0 Å². The number of nitrogens with zero attached hydrogens (tertiary/aromatic N) is 1. The van der Waals surface area contributed by atoms with Crippen LogP contribution in [0.3, 0.4) is 0 Å². The molecule has 3 atom stereocenters. The Morgan fingerprint density at radius 3 is 2.52 bits per heavy atom. The first-order chi connectivity index (χ1) is 13.2. The van der Waals surface area contributed by atoms with Gasteiger partial charge in [-0.3, -0.25) is 9.59 Å². The fourth-order valence-electron chi connectivity index (χ4n) is 4.09. The maximum Gasteiger partial charge on any atom is 0.256 e. The van der Waals surface area contributed by atoms with E-state index in [1.165, 1.54) is 0 Å². The number of nitrogens with one attached hydrogen (secondary N) is 1. The van der Waals surface area contributed by atoms with E-state index < -0.39 is 0 Å². The van der Waals surface area contributed by atoms with Crippen molar-refractivity contribution in [3.8, 4) is 5.75 Å². The van der Waals surface area contributed by atoms with Crippen molar-refractivity contribution in [3.63, 3.8) is 0 Å². The average molecular weight is 374 g/mol. The van der Waals surface area contributed by atoms with Crippen LogP contribution < -0.4 is 15.0 Å². The van der Waals surface area contributed by atoms with Gasteiger partial charge in [0.25, 0.3) is 5.91 Å². The van der Waals surface area contributed by atoms with Gasteiger partial charge in [-0.05, 0) is 50.3 Å². The molecule has 3 heterocycles. The number of carbonyl (C=O) groups excluding carboxylic acids is 2. The van der Waals surface area contributed by atoms with Crippen molar-refractivity contribution >= 4 is 17.5 Å². The molecule has 2 amide bonds. The van der Waals surface area contributed by atoms with E-state index in [0.717, 1.165) is 36.9 Å². The van der Waals surface area contributed by atoms with E-state index in [4.69, 9.17) is 14.2 Å². The molecule has 0 aromatic heterocycles. The Labute approximate surface area is 158 Å². The third-order valence-electron chi connectivity index (χ3n) is 5.55. The lowest BCUT2D eigenvalue weighted by Gasteiger charge is -2.36. The van der Waals surface area contributed by atoms with Gasteiger partial charge in [-0.25, -0.2) is 0 Å². The lowest BCUT2D eigenvalue weighted by Crippen LogP contribution is -2.46. The topological polar surface area (TPSA) is 77.1 Å². The van der Waals surface area contributed by atoms with Crippen LogP contribution in [0.25, 0.3) is 0 Å². The fourth-order valence-corrected chi connectivity index (χ4v) is 4.09. The van der Waals surface area contributed by atoms with E-state index in [2.05, 4.69) is 5.32 Å². The van der Waals surface area contributed by atoms with Gasteiger partial charge in [-0.15, -0.1) is 0 Å². The highest BCUT2D eigenvalue weighted by Gasteiger charge is 2.36. The zero-order chi connectivity index (χ0) is 18.8. The molecule has 3 aliphatic rings. The van der Waals surface area contributed by atoms with Gasteiger partial charge in [-0.1, -0.05) is 0 Å². The predicted molar refractivity (Wildman–Crippen MR) is 98.8 cm³/mol. The second-order valence-electron chi connectivity index (χ2n) is 7.27. The Morgan fingerprint density at radius 2 is 1.85 bits per heavy atom. The van der Waals surface area contributed by atoms with Gasteiger partial charge in [0.2, 0.25) is 5.91 Å². The number of ether oxygens (including phenoxy) is 3. The lowest BCUT2D eigenvalue weighted by atomic mass is 9.95. The highest BCUT2D eigenvalue weighted by molar-refractivity contribution is 5.98. The second-order valence-corrected chi connectivity index (χ2v) is 7.27. The Hall–Kier alpha value is -2.12. The average Bonchev–Trinajstić information content (AvgIpc) is 3.41. The van der Waals surface area contributed by atoms with Crippen molar-refractivity contribution in [1.82, 2.24) is 5.32 Å². The number of carbonyl (C=O) groups is 2. The van der Waals surface area contributed by atoms with E-state index in [1.54, 1.807) is 12.0 Å². The summed E-state index contributed by atoms with van der Waals surface area (Å²) in [6, 6.07) is 5.48. The number of anilines is 1. The van der Waals surface area contributed by atoms with E-state index >= 15 is 0 Å². The molecule has 1 N–H and O–H groups in total. The van der Waals surface area contributed by atoms with Crippen LogP contribution in [0.15, 0.2) is 18.2 Å². The van der Waals surface area contributed by atoms with Crippen LogP contribution in [0, 0.1) is 0 Å². The summed E-state index contributed by atoms with van der Waals surface area (Å²) in [7, 11) is 1.61. The molecule has 0 spiro atoms. The minimum Gasteiger partial charge on any atom is -0.497 e. The third kappa shape index (κ3) is 3.66. The Bertz CT molecular complexity index is 710. The first-order valence-corrected chi connectivity index (χ1v) is 9.70. The van der Waals surface area contributed by atoms with Crippen LogP contribution in [0.4, 0.5) is 5.69 Å². The number of hydrogen-bond donors (Lipinski definition) is 1. The Balaban J connectivity index is 1.58. The molecular weight excluding hydrogens is 348 g/mol. The number of benzene rings is 1. The molecule has 0 radical (unpaired) electrons. The monoisotopic (exact) mass is 374 g/mol. The van der Waals surface area contributed by atoms with Gasteiger partial charge in [0, 0.05) is 31.0 Å². The third-order valence-corrected chi connectivity index (χ3v) is 5.55. The summed E-state index contributed by atoms with van der Waals surface area (Å²) in [4.78, 5) is 27.2. The zero-order valence-electron chi connectivity index (χ0n) is 15.6. The second kappa shape index (κ2) is 7.86. The molecule has 7 nitrogen and oxygen atoms in total. The number of rotatable bonds is 4. The molecule has 4 rings (SSSR count). The molecular formula is C20H26N2O5. The smallest absolute Gasteiger partial charge is 0.256 e. The van der Waals surface area contributed by atoms with E-state index in [9.17, 15) is 9.59 Å². The Morgan fingerprint density at radius 1 is 1.11 bits per heavy atom. The molecule has 146 valence electrons. The number of methoxy groups -OCH3 is 1. The van der Waals surface area contributed by atoms with Crippen LogP contribution in [0.2, 0.25) is 0 Å². The zero-order valence-corrected chi connectivity index (χ0v) is 15.6. The molecule has 0 saturated carbocycles. The molecule has 3 aliphatic heterocycles. The highest BCUT2D eigenvalue weighted by Crippen LogP contribution is 2.37. The fraction of sp³-hybridized carbons (Fsp3) is 0.600. The van der Waals surface area contributed by atoms with Gasteiger partial charge in [0.05, 0.1) is 13.2 Å². The quantitative estimate of drug-likeness (QED) is 0.872. The number of amides is 2. The molecule has 0 aliphatic carbocycles. The summed E-state index contributed by atoms with van der Waals surface area (Å²) < 4.78 is 16.4. The van der Waals surface area contributed by atoms with Gasteiger partial charge in [0.15, 0.2) is 0 Å². The lowest BCUT2D eigenvalue weighted by molar-refractivity contribution is -0.130. The van der Waals surface area contributed by atoms with Crippen molar-refractivity contribution in [3.05, 3.63) is 23.8 Å². The molecule has 7 heteroatoms. The van der Waals surface area contributed by atoms with Gasteiger partial charge >= 0.3 is 0 Å². The summed E-state index contributed by atoms with van der Waals surface area (Å²) in [6.07, 6.45) is 3.27. The van der Waals surface area contributed by atoms with Crippen molar-refractivity contribution in [2.75, 3.05) is 31.8 Å². The van der Waals surface area contributed by atoms with Crippen molar-refractivity contribution in [2.24, 2.45) is 0 Å².